The van der Waals surface area contributed by atoms with E-state index in [0.29, 0.717) is 36.5 Å². The van der Waals surface area contributed by atoms with Crippen LogP contribution in [0.4, 0.5) is 0 Å². The van der Waals surface area contributed by atoms with Crippen LogP contribution < -0.4 is 4.72 Å². The molecule has 1 aromatic heterocycles. The number of rotatable bonds is 5. The highest BCUT2D eigenvalue weighted by atomic mass is 32.2. The molecule has 0 atom stereocenters. The second-order valence-corrected chi connectivity index (χ2v) is 9.60. The quantitative estimate of drug-likeness (QED) is 0.849. The molecule has 0 spiro atoms. The number of nitrogens with zero attached hydrogens (tertiary/aromatic N) is 2. The number of likely N-dealkylation sites (tertiary alicyclic amines) is 1. The van der Waals surface area contributed by atoms with E-state index in [9.17, 15) is 13.2 Å². The molecule has 0 bridgehead atoms. The van der Waals surface area contributed by atoms with Gasteiger partial charge in [0, 0.05) is 37.1 Å². The molecule has 1 fully saturated rings. The van der Waals surface area contributed by atoms with Crippen molar-refractivity contribution >= 4 is 15.9 Å². The maximum atomic E-state index is 13.3. The van der Waals surface area contributed by atoms with Crippen molar-refractivity contribution in [2.45, 2.75) is 77.2 Å². The molecule has 1 saturated heterocycles. The summed E-state index contributed by atoms with van der Waals surface area (Å²) in [6.07, 6.45) is 4.84. The molecule has 26 heavy (non-hydrogen) atoms. The monoisotopic (exact) mass is 383 g/mol. The Kier molecular flexibility index (Phi) is 6.23. The highest BCUT2D eigenvalue weighted by Gasteiger charge is 2.35. The zero-order chi connectivity index (χ0) is 19.7. The van der Waals surface area contributed by atoms with Gasteiger partial charge < -0.3 is 9.47 Å². The smallest absolute Gasteiger partial charge is 0.257 e. The molecule has 2 rings (SSSR count). The van der Waals surface area contributed by atoms with Gasteiger partial charge in [-0.05, 0) is 47.0 Å². The Balaban J connectivity index is 2.54. The normalized spacial score (nSPS) is 16.6. The van der Waals surface area contributed by atoms with Crippen LogP contribution in [0.15, 0.2) is 4.90 Å². The van der Waals surface area contributed by atoms with Gasteiger partial charge in [0.05, 0.1) is 5.56 Å². The van der Waals surface area contributed by atoms with Gasteiger partial charge in [0.15, 0.2) is 0 Å². The summed E-state index contributed by atoms with van der Waals surface area (Å²) in [6.45, 7) is 10.6. The number of aromatic nitrogens is 1. The predicted molar refractivity (Wildman–Crippen MR) is 104 cm³/mol. The third-order valence-corrected chi connectivity index (χ3v) is 7.45. The molecule has 1 aliphatic heterocycles. The molecule has 7 heteroatoms. The first-order valence-electron chi connectivity index (χ1n) is 9.51. The lowest BCUT2D eigenvalue weighted by atomic mass is 10.0. The van der Waals surface area contributed by atoms with E-state index in [0.717, 1.165) is 25.7 Å². The number of nitrogens with one attached hydrogen (secondary N) is 1. The summed E-state index contributed by atoms with van der Waals surface area (Å²) in [7, 11) is -1.99. The van der Waals surface area contributed by atoms with Crippen LogP contribution in [0.1, 0.15) is 74.6 Å². The second-order valence-electron chi connectivity index (χ2n) is 7.98. The largest absolute Gasteiger partial charge is 0.350 e. The van der Waals surface area contributed by atoms with Gasteiger partial charge in [-0.2, -0.15) is 0 Å². The Morgan fingerprint density at radius 1 is 1.08 bits per heavy atom. The molecule has 1 aliphatic rings. The molecule has 0 aliphatic carbocycles. The molecule has 1 amide bonds. The molecular formula is C19H33N3O3S. The zero-order valence-electron chi connectivity index (χ0n) is 17.0. The van der Waals surface area contributed by atoms with Crippen molar-refractivity contribution in [3.8, 4) is 0 Å². The molecule has 6 nitrogen and oxygen atoms in total. The van der Waals surface area contributed by atoms with E-state index < -0.39 is 15.6 Å². The Labute approximate surface area is 158 Å². The molecule has 2 heterocycles. The summed E-state index contributed by atoms with van der Waals surface area (Å²) in [4.78, 5) is 15.2. The molecule has 0 radical (unpaired) electrons. The Hall–Kier alpha value is -1.34. The fourth-order valence-electron chi connectivity index (χ4n) is 3.42. The van der Waals surface area contributed by atoms with E-state index in [2.05, 4.69) is 4.72 Å². The van der Waals surface area contributed by atoms with Crippen molar-refractivity contribution in [2.24, 2.45) is 7.05 Å². The molecule has 1 aromatic rings. The standard InChI is InChI=1S/C19H33N3O3S/c1-7-19(4,5)20-26(24,25)17-15(3)21(6)14(2)16(17)18(23)22-12-10-8-9-11-13-22/h20H,7-13H2,1-6H3. The fraction of sp³-hybridized carbons (Fsp3) is 0.737. The predicted octanol–water partition coefficient (Wildman–Crippen LogP) is 3.13. The first-order valence-corrected chi connectivity index (χ1v) is 11.0. The van der Waals surface area contributed by atoms with Crippen LogP contribution in [-0.2, 0) is 17.1 Å². The highest BCUT2D eigenvalue weighted by molar-refractivity contribution is 7.89. The van der Waals surface area contributed by atoms with Gasteiger partial charge in [-0.3, -0.25) is 4.79 Å². The maximum absolute atomic E-state index is 13.3. The van der Waals surface area contributed by atoms with Gasteiger partial charge >= 0.3 is 0 Å². The molecular weight excluding hydrogens is 350 g/mol. The molecule has 148 valence electrons. The van der Waals surface area contributed by atoms with Gasteiger partial charge in [0.1, 0.15) is 4.90 Å². The fourth-order valence-corrected chi connectivity index (χ4v) is 5.42. The van der Waals surface area contributed by atoms with Crippen LogP contribution >= 0.6 is 0 Å². The van der Waals surface area contributed by atoms with Gasteiger partial charge in [0.2, 0.25) is 10.0 Å². The molecule has 0 unspecified atom stereocenters. The highest BCUT2D eigenvalue weighted by Crippen LogP contribution is 2.29. The minimum Gasteiger partial charge on any atom is -0.350 e. The van der Waals surface area contributed by atoms with Crippen molar-refractivity contribution in [1.29, 1.82) is 0 Å². The van der Waals surface area contributed by atoms with E-state index in [-0.39, 0.29) is 10.8 Å². The third kappa shape index (κ3) is 4.14. The van der Waals surface area contributed by atoms with E-state index in [4.69, 9.17) is 0 Å². The van der Waals surface area contributed by atoms with Gasteiger partial charge in [-0.1, -0.05) is 19.8 Å². The number of sulfonamides is 1. The van der Waals surface area contributed by atoms with Gasteiger partial charge in [-0.15, -0.1) is 0 Å². The lowest BCUT2D eigenvalue weighted by Gasteiger charge is -2.25. The second kappa shape index (κ2) is 7.72. The SMILES string of the molecule is CCC(C)(C)NS(=O)(=O)c1c(C(=O)N2CCCCCC2)c(C)n(C)c1C. The summed E-state index contributed by atoms with van der Waals surface area (Å²) in [6, 6.07) is 0. The first kappa shape index (κ1) is 21.0. The summed E-state index contributed by atoms with van der Waals surface area (Å²) in [5.74, 6) is -0.164. The average Bonchev–Trinajstić information content (AvgIpc) is 2.78. The van der Waals surface area contributed by atoms with E-state index in [1.165, 1.54) is 0 Å². The summed E-state index contributed by atoms with van der Waals surface area (Å²) < 4.78 is 30.9. The molecule has 1 N–H and O–H groups in total. The number of carbonyl (C=O) groups excluding carboxylic acids is 1. The minimum absolute atomic E-state index is 0.133. The van der Waals surface area contributed by atoms with Crippen molar-refractivity contribution in [1.82, 2.24) is 14.2 Å². The van der Waals surface area contributed by atoms with Crippen molar-refractivity contribution < 1.29 is 13.2 Å². The van der Waals surface area contributed by atoms with E-state index in [1.807, 2.05) is 39.6 Å². The lowest BCUT2D eigenvalue weighted by Crippen LogP contribution is -2.43. The summed E-state index contributed by atoms with van der Waals surface area (Å²) in [5.41, 5.74) is 1.05. The van der Waals surface area contributed by atoms with E-state index >= 15 is 0 Å². The summed E-state index contributed by atoms with van der Waals surface area (Å²) >= 11 is 0. The van der Waals surface area contributed by atoms with Crippen molar-refractivity contribution in [3.63, 3.8) is 0 Å². The van der Waals surface area contributed by atoms with Crippen molar-refractivity contribution in [3.05, 3.63) is 17.0 Å². The van der Waals surface area contributed by atoms with Crippen LogP contribution in [0.3, 0.4) is 0 Å². The minimum atomic E-state index is -3.80. The number of hydrogen-bond acceptors (Lipinski definition) is 3. The number of carbonyl (C=O) groups is 1. The van der Waals surface area contributed by atoms with Crippen LogP contribution in [0.25, 0.3) is 0 Å². The van der Waals surface area contributed by atoms with Crippen LogP contribution in [0.2, 0.25) is 0 Å². The first-order chi connectivity index (χ1) is 12.0. The van der Waals surface area contributed by atoms with Crippen LogP contribution in [-0.4, -0.2) is 42.4 Å². The van der Waals surface area contributed by atoms with Gasteiger partial charge in [-0.25, -0.2) is 13.1 Å². The Bertz CT molecular complexity index is 770. The van der Waals surface area contributed by atoms with E-state index in [1.54, 1.807) is 11.5 Å². The number of hydrogen-bond donors (Lipinski definition) is 1. The zero-order valence-corrected chi connectivity index (χ0v) is 17.8. The Morgan fingerprint density at radius 3 is 2.12 bits per heavy atom. The third-order valence-electron chi connectivity index (χ3n) is 5.59. The van der Waals surface area contributed by atoms with Crippen LogP contribution in [0, 0.1) is 13.8 Å². The van der Waals surface area contributed by atoms with Crippen molar-refractivity contribution in [2.75, 3.05) is 13.1 Å². The van der Waals surface area contributed by atoms with Crippen LogP contribution in [0.5, 0.6) is 0 Å². The molecule has 0 aromatic carbocycles. The Morgan fingerprint density at radius 2 is 1.62 bits per heavy atom. The topological polar surface area (TPSA) is 71.4 Å². The maximum Gasteiger partial charge on any atom is 0.257 e. The average molecular weight is 384 g/mol. The van der Waals surface area contributed by atoms with Gasteiger partial charge in [0.25, 0.3) is 5.91 Å². The number of amides is 1. The summed E-state index contributed by atoms with van der Waals surface area (Å²) in [5, 5.41) is 0. The lowest BCUT2D eigenvalue weighted by molar-refractivity contribution is 0.0757. The molecule has 0 saturated carbocycles.